The standard InChI is InChI=1S/C22H24ClN5O5S/c23-15-1-3-20(27-7-11-33-12-8-27)18(13-15)24-22(34)25-21(29)17-14-16(28(30)31)2-4-19(17)26-5-9-32-10-6-26/h1-4,13-14H,5-12H2,(H2,24,25,29,34). The van der Waals surface area contributed by atoms with Gasteiger partial charge in [-0.25, -0.2) is 0 Å². The number of carbonyl (C=O) groups is 1. The van der Waals surface area contributed by atoms with Crippen molar-refractivity contribution in [3.8, 4) is 0 Å². The number of nitro groups is 1. The van der Waals surface area contributed by atoms with E-state index in [1.165, 1.54) is 12.1 Å². The number of halogens is 1. The summed E-state index contributed by atoms with van der Waals surface area (Å²) >= 11 is 11.6. The van der Waals surface area contributed by atoms with Crippen molar-refractivity contribution in [2.24, 2.45) is 0 Å². The summed E-state index contributed by atoms with van der Waals surface area (Å²) in [4.78, 5) is 28.1. The van der Waals surface area contributed by atoms with Crippen LogP contribution in [0.25, 0.3) is 0 Å². The molecule has 0 spiro atoms. The van der Waals surface area contributed by atoms with Crippen LogP contribution < -0.4 is 20.4 Å². The van der Waals surface area contributed by atoms with Crippen LogP contribution in [-0.4, -0.2) is 68.5 Å². The minimum atomic E-state index is -0.544. The number of nitro benzene ring substituents is 1. The molecular formula is C22H24ClN5O5S. The SMILES string of the molecule is O=C(NC(=S)Nc1cc(Cl)ccc1N1CCOCC1)c1cc([N+](=O)[O-])ccc1N1CCOCC1. The zero-order valence-corrected chi connectivity index (χ0v) is 19.9. The number of amides is 1. The number of anilines is 3. The minimum absolute atomic E-state index is 0.0567. The first-order chi connectivity index (χ1) is 16.4. The topological polar surface area (TPSA) is 109 Å². The average molecular weight is 506 g/mol. The van der Waals surface area contributed by atoms with E-state index >= 15 is 0 Å². The molecule has 2 heterocycles. The summed E-state index contributed by atoms with van der Waals surface area (Å²) in [6, 6.07) is 9.65. The molecule has 180 valence electrons. The van der Waals surface area contributed by atoms with E-state index in [9.17, 15) is 14.9 Å². The highest BCUT2D eigenvalue weighted by Crippen LogP contribution is 2.30. The van der Waals surface area contributed by atoms with Gasteiger partial charge in [0.1, 0.15) is 0 Å². The average Bonchev–Trinajstić information content (AvgIpc) is 2.84. The molecule has 12 heteroatoms. The van der Waals surface area contributed by atoms with Crippen molar-refractivity contribution in [1.82, 2.24) is 5.32 Å². The molecule has 2 N–H and O–H groups in total. The van der Waals surface area contributed by atoms with Gasteiger partial charge in [-0.1, -0.05) is 11.6 Å². The summed E-state index contributed by atoms with van der Waals surface area (Å²) in [6.07, 6.45) is 0. The molecule has 4 rings (SSSR count). The molecule has 2 aromatic rings. The lowest BCUT2D eigenvalue weighted by Gasteiger charge is -2.31. The second-order valence-electron chi connectivity index (χ2n) is 7.73. The number of non-ortho nitro benzene ring substituents is 1. The number of benzene rings is 2. The predicted octanol–water partition coefficient (Wildman–Crippen LogP) is 3.05. The largest absolute Gasteiger partial charge is 0.378 e. The van der Waals surface area contributed by atoms with Gasteiger partial charge >= 0.3 is 0 Å². The molecule has 0 atom stereocenters. The van der Waals surface area contributed by atoms with E-state index in [0.29, 0.717) is 69.0 Å². The third-order valence-corrected chi connectivity index (χ3v) is 6.01. The number of rotatable bonds is 5. The highest BCUT2D eigenvalue weighted by atomic mass is 35.5. The van der Waals surface area contributed by atoms with Crippen LogP contribution >= 0.6 is 23.8 Å². The Labute approximate surface area is 206 Å². The van der Waals surface area contributed by atoms with E-state index in [2.05, 4.69) is 15.5 Å². The maximum atomic E-state index is 13.2. The Morgan fingerprint density at radius 3 is 2.18 bits per heavy atom. The van der Waals surface area contributed by atoms with Crippen LogP contribution in [0, 0.1) is 10.1 Å². The van der Waals surface area contributed by atoms with Crippen LogP contribution in [0.2, 0.25) is 5.02 Å². The molecule has 0 bridgehead atoms. The first kappa shape index (κ1) is 24.1. The number of nitrogens with one attached hydrogen (secondary N) is 2. The van der Waals surface area contributed by atoms with Gasteiger partial charge in [0.25, 0.3) is 11.6 Å². The molecule has 1 amide bonds. The highest BCUT2D eigenvalue weighted by molar-refractivity contribution is 7.80. The van der Waals surface area contributed by atoms with Crippen LogP contribution in [0.3, 0.4) is 0 Å². The lowest BCUT2D eigenvalue weighted by Crippen LogP contribution is -2.40. The molecule has 0 unspecified atom stereocenters. The van der Waals surface area contributed by atoms with Crippen molar-refractivity contribution in [1.29, 1.82) is 0 Å². The predicted molar refractivity (Wildman–Crippen MR) is 134 cm³/mol. The van der Waals surface area contributed by atoms with Crippen molar-refractivity contribution >= 4 is 57.6 Å². The van der Waals surface area contributed by atoms with E-state index in [-0.39, 0.29) is 16.4 Å². The van der Waals surface area contributed by atoms with E-state index in [1.807, 2.05) is 11.0 Å². The molecule has 0 radical (unpaired) electrons. The van der Waals surface area contributed by atoms with Crippen molar-refractivity contribution in [3.63, 3.8) is 0 Å². The molecule has 10 nitrogen and oxygen atoms in total. The number of hydrogen-bond donors (Lipinski definition) is 2. The maximum Gasteiger partial charge on any atom is 0.270 e. The first-order valence-electron chi connectivity index (χ1n) is 10.8. The summed E-state index contributed by atoms with van der Waals surface area (Å²) in [5, 5.41) is 17.6. The minimum Gasteiger partial charge on any atom is -0.378 e. The lowest BCUT2D eigenvalue weighted by atomic mass is 10.1. The number of nitrogens with zero attached hydrogens (tertiary/aromatic N) is 3. The second-order valence-corrected chi connectivity index (χ2v) is 8.57. The Bertz CT molecular complexity index is 1090. The molecule has 2 aliphatic heterocycles. The van der Waals surface area contributed by atoms with Crippen LogP contribution in [0.15, 0.2) is 36.4 Å². The van der Waals surface area contributed by atoms with Crippen LogP contribution in [0.4, 0.5) is 22.7 Å². The molecule has 2 aromatic carbocycles. The fourth-order valence-electron chi connectivity index (χ4n) is 3.91. The van der Waals surface area contributed by atoms with Crippen molar-refractivity contribution in [2.75, 3.05) is 67.7 Å². The molecule has 2 aliphatic rings. The van der Waals surface area contributed by atoms with E-state index < -0.39 is 10.8 Å². The van der Waals surface area contributed by atoms with Crippen LogP contribution in [-0.2, 0) is 9.47 Å². The van der Waals surface area contributed by atoms with Crippen molar-refractivity contribution in [2.45, 2.75) is 0 Å². The second kappa shape index (κ2) is 11.0. The van der Waals surface area contributed by atoms with Crippen LogP contribution in [0.5, 0.6) is 0 Å². The fraction of sp³-hybridized carbons (Fsp3) is 0.364. The van der Waals surface area contributed by atoms with E-state index in [4.69, 9.17) is 33.3 Å². The van der Waals surface area contributed by atoms with Crippen molar-refractivity contribution < 1.29 is 19.2 Å². The summed E-state index contributed by atoms with van der Waals surface area (Å²) in [5.41, 5.74) is 2.11. The van der Waals surface area contributed by atoms with Gasteiger partial charge in [0, 0.05) is 43.3 Å². The summed E-state index contributed by atoms with van der Waals surface area (Å²) in [7, 11) is 0. The summed E-state index contributed by atoms with van der Waals surface area (Å²) in [5.74, 6) is -0.544. The van der Waals surface area contributed by atoms with Gasteiger partial charge in [0.2, 0.25) is 0 Å². The zero-order valence-electron chi connectivity index (χ0n) is 18.3. The van der Waals surface area contributed by atoms with Gasteiger partial charge in [0.05, 0.1) is 54.0 Å². The summed E-state index contributed by atoms with van der Waals surface area (Å²) in [6.45, 7) is 4.82. The molecule has 0 aromatic heterocycles. The van der Waals surface area contributed by atoms with Gasteiger partial charge in [-0.2, -0.15) is 0 Å². The van der Waals surface area contributed by atoms with Crippen LogP contribution in [0.1, 0.15) is 10.4 Å². The lowest BCUT2D eigenvalue weighted by molar-refractivity contribution is -0.384. The van der Waals surface area contributed by atoms with Crippen molar-refractivity contribution in [3.05, 3.63) is 57.1 Å². The molecule has 34 heavy (non-hydrogen) atoms. The van der Waals surface area contributed by atoms with E-state index in [0.717, 1.165) is 5.69 Å². The number of hydrogen-bond acceptors (Lipinski definition) is 8. The smallest absolute Gasteiger partial charge is 0.270 e. The highest BCUT2D eigenvalue weighted by Gasteiger charge is 2.23. The molecule has 0 saturated carbocycles. The quantitative estimate of drug-likeness (QED) is 0.360. The van der Waals surface area contributed by atoms with E-state index in [1.54, 1.807) is 18.2 Å². The Morgan fingerprint density at radius 1 is 0.971 bits per heavy atom. The Morgan fingerprint density at radius 2 is 1.56 bits per heavy atom. The monoisotopic (exact) mass is 505 g/mol. The number of thiocarbonyl (C=S) groups is 1. The van der Waals surface area contributed by atoms with Gasteiger partial charge in [-0.15, -0.1) is 0 Å². The van der Waals surface area contributed by atoms with Gasteiger partial charge in [0.15, 0.2) is 5.11 Å². The normalized spacial score (nSPS) is 16.1. The first-order valence-corrected chi connectivity index (χ1v) is 11.6. The third kappa shape index (κ3) is 5.73. The molecule has 0 aliphatic carbocycles. The Balaban J connectivity index is 1.54. The summed E-state index contributed by atoms with van der Waals surface area (Å²) < 4.78 is 10.8. The number of carbonyl (C=O) groups excluding carboxylic acids is 1. The number of ether oxygens (including phenoxy) is 2. The van der Waals surface area contributed by atoms with Gasteiger partial charge in [-0.3, -0.25) is 20.2 Å². The zero-order chi connectivity index (χ0) is 24.1. The molecular weight excluding hydrogens is 482 g/mol. The Kier molecular flexibility index (Phi) is 7.78. The molecule has 2 fully saturated rings. The Hall–Kier alpha value is -2.99. The fourth-order valence-corrected chi connectivity index (χ4v) is 4.29. The third-order valence-electron chi connectivity index (χ3n) is 5.57. The van der Waals surface area contributed by atoms with Gasteiger partial charge in [-0.05, 0) is 36.5 Å². The van der Waals surface area contributed by atoms with Gasteiger partial charge < -0.3 is 24.6 Å². The number of morpholine rings is 2. The maximum absolute atomic E-state index is 13.2. The molecule has 2 saturated heterocycles.